The van der Waals surface area contributed by atoms with Crippen molar-refractivity contribution < 1.29 is 28.6 Å². The Kier molecular flexibility index (Phi) is 57.7. The molecule has 414 valence electrons. The largest absolute Gasteiger partial charge is 0.462 e. The molecule has 0 aromatic heterocycles. The zero-order valence-corrected chi connectivity index (χ0v) is 47.5. The highest BCUT2D eigenvalue weighted by Gasteiger charge is 2.19. The quantitative estimate of drug-likeness (QED) is 0.0261. The Labute approximate surface area is 441 Å². The number of esters is 3. The van der Waals surface area contributed by atoms with Gasteiger partial charge in [-0.25, -0.2) is 0 Å². The van der Waals surface area contributed by atoms with E-state index in [9.17, 15) is 14.4 Å². The normalized spacial score (nSPS) is 12.3. The Balaban J connectivity index is 3.89. The van der Waals surface area contributed by atoms with Crippen LogP contribution in [0.3, 0.4) is 0 Å². The summed E-state index contributed by atoms with van der Waals surface area (Å²) in [5.41, 5.74) is 0. The molecule has 0 spiro atoms. The van der Waals surface area contributed by atoms with Gasteiger partial charge >= 0.3 is 17.9 Å². The summed E-state index contributed by atoms with van der Waals surface area (Å²) in [7, 11) is 0. The van der Waals surface area contributed by atoms with E-state index >= 15 is 0 Å². The summed E-state index contributed by atoms with van der Waals surface area (Å²) in [5, 5.41) is 0. The summed E-state index contributed by atoms with van der Waals surface area (Å²) in [5.74, 6) is -0.862. The van der Waals surface area contributed by atoms with Gasteiger partial charge in [-0.05, 0) is 57.8 Å². The van der Waals surface area contributed by atoms with Crippen LogP contribution in [0.5, 0.6) is 0 Å². The molecule has 6 nitrogen and oxygen atoms in total. The van der Waals surface area contributed by atoms with Crippen molar-refractivity contribution in [1.29, 1.82) is 0 Å². The first-order valence-electron chi connectivity index (χ1n) is 31.1. The maximum atomic E-state index is 12.8. The molecule has 0 rings (SSSR count). The average Bonchev–Trinajstić information content (AvgIpc) is 3.37. The fourth-order valence-electron chi connectivity index (χ4n) is 9.20. The molecular weight excluding hydrogens is 877 g/mol. The molecule has 0 aliphatic rings. The summed E-state index contributed by atoms with van der Waals surface area (Å²) in [6.07, 6.45) is 74.7. The van der Waals surface area contributed by atoms with Crippen LogP contribution >= 0.6 is 0 Å². The maximum absolute atomic E-state index is 12.8. The van der Waals surface area contributed by atoms with Gasteiger partial charge in [0.05, 0.1) is 0 Å². The zero-order chi connectivity index (χ0) is 51.4. The van der Waals surface area contributed by atoms with Crippen LogP contribution in [0.4, 0.5) is 0 Å². The van der Waals surface area contributed by atoms with Gasteiger partial charge in [0, 0.05) is 19.3 Å². The first kappa shape index (κ1) is 68.4. The molecule has 0 aromatic carbocycles. The number of allylic oxidation sites excluding steroid dienone is 8. The third-order valence-electron chi connectivity index (χ3n) is 13.8. The van der Waals surface area contributed by atoms with Crippen molar-refractivity contribution in [3.05, 3.63) is 48.6 Å². The highest BCUT2D eigenvalue weighted by molar-refractivity contribution is 5.71. The monoisotopic (exact) mass is 995 g/mol. The van der Waals surface area contributed by atoms with Crippen LogP contribution < -0.4 is 0 Å². The molecule has 0 aromatic rings. The summed E-state index contributed by atoms with van der Waals surface area (Å²) in [4.78, 5) is 37.8. The van der Waals surface area contributed by atoms with Crippen LogP contribution in [0.15, 0.2) is 48.6 Å². The fourth-order valence-corrected chi connectivity index (χ4v) is 9.20. The van der Waals surface area contributed by atoms with Crippen molar-refractivity contribution in [1.82, 2.24) is 0 Å². The molecule has 0 saturated heterocycles. The van der Waals surface area contributed by atoms with E-state index in [1.54, 1.807) is 0 Å². The van der Waals surface area contributed by atoms with Crippen molar-refractivity contribution in [3.63, 3.8) is 0 Å². The zero-order valence-electron chi connectivity index (χ0n) is 47.5. The molecule has 0 aliphatic heterocycles. The summed E-state index contributed by atoms with van der Waals surface area (Å²) < 4.78 is 16.7. The first-order chi connectivity index (χ1) is 35.0. The van der Waals surface area contributed by atoms with Gasteiger partial charge in [-0.1, -0.05) is 301 Å². The van der Waals surface area contributed by atoms with Crippen LogP contribution in [-0.2, 0) is 28.6 Å². The number of ether oxygens (including phenoxy) is 3. The molecule has 71 heavy (non-hydrogen) atoms. The Morgan fingerprint density at radius 2 is 0.549 bits per heavy atom. The van der Waals surface area contributed by atoms with Crippen molar-refractivity contribution >= 4 is 17.9 Å². The molecule has 0 N–H and O–H groups in total. The van der Waals surface area contributed by atoms with E-state index < -0.39 is 6.10 Å². The van der Waals surface area contributed by atoms with Crippen molar-refractivity contribution in [2.45, 2.75) is 335 Å². The van der Waals surface area contributed by atoms with Gasteiger partial charge in [0.2, 0.25) is 0 Å². The molecule has 0 saturated carbocycles. The molecule has 1 unspecified atom stereocenters. The predicted octanol–water partition coefficient (Wildman–Crippen LogP) is 21.0. The van der Waals surface area contributed by atoms with Gasteiger partial charge in [0.1, 0.15) is 13.2 Å². The molecule has 0 heterocycles. The predicted molar refractivity (Wildman–Crippen MR) is 307 cm³/mol. The minimum absolute atomic E-state index is 0.0670. The third-order valence-corrected chi connectivity index (χ3v) is 13.8. The Hall–Kier alpha value is -2.63. The maximum Gasteiger partial charge on any atom is 0.306 e. The van der Waals surface area contributed by atoms with E-state index in [1.165, 1.54) is 199 Å². The minimum atomic E-state index is -0.763. The Morgan fingerprint density at radius 3 is 0.859 bits per heavy atom. The number of hydrogen-bond acceptors (Lipinski definition) is 6. The van der Waals surface area contributed by atoms with Crippen molar-refractivity contribution in [2.24, 2.45) is 0 Å². The smallest absolute Gasteiger partial charge is 0.306 e. The molecule has 1 atom stereocenters. The molecule has 6 heteroatoms. The van der Waals surface area contributed by atoms with E-state index in [0.29, 0.717) is 19.3 Å². The lowest BCUT2D eigenvalue weighted by molar-refractivity contribution is -0.167. The number of unbranched alkanes of at least 4 members (excludes halogenated alkanes) is 38. The SMILES string of the molecule is CC/C=C\C/C=C\C/C=C\C/C=C\CCCCCCCCCCCCCCCCCCCCCCC(=O)OCC(COC(=O)CCCCCCC)OC(=O)CCCCCCCCCCCCCCCCC. The fraction of sp³-hybridized carbons (Fsp3) is 0.831. The summed E-state index contributed by atoms with van der Waals surface area (Å²) >= 11 is 0. The topological polar surface area (TPSA) is 78.9 Å². The first-order valence-corrected chi connectivity index (χ1v) is 31.1. The number of carbonyl (C=O) groups excluding carboxylic acids is 3. The number of hydrogen-bond donors (Lipinski definition) is 0. The lowest BCUT2D eigenvalue weighted by atomic mass is 10.0. The molecule has 0 radical (unpaired) electrons. The molecular formula is C65H118O6. The molecule has 0 bridgehead atoms. The second-order valence-electron chi connectivity index (χ2n) is 21.0. The average molecular weight is 996 g/mol. The van der Waals surface area contributed by atoms with E-state index in [-0.39, 0.29) is 31.1 Å². The van der Waals surface area contributed by atoms with Crippen LogP contribution in [0.1, 0.15) is 329 Å². The van der Waals surface area contributed by atoms with Gasteiger partial charge in [-0.3, -0.25) is 14.4 Å². The van der Waals surface area contributed by atoms with Crippen LogP contribution in [0, 0.1) is 0 Å². The van der Waals surface area contributed by atoms with Crippen LogP contribution in [0.25, 0.3) is 0 Å². The van der Waals surface area contributed by atoms with Crippen molar-refractivity contribution in [3.8, 4) is 0 Å². The van der Waals surface area contributed by atoms with Gasteiger partial charge in [-0.2, -0.15) is 0 Å². The van der Waals surface area contributed by atoms with Crippen LogP contribution in [-0.4, -0.2) is 37.2 Å². The van der Waals surface area contributed by atoms with Gasteiger partial charge < -0.3 is 14.2 Å². The lowest BCUT2D eigenvalue weighted by Gasteiger charge is -2.18. The highest BCUT2D eigenvalue weighted by Crippen LogP contribution is 2.18. The number of rotatable bonds is 57. The van der Waals surface area contributed by atoms with Crippen molar-refractivity contribution in [2.75, 3.05) is 13.2 Å². The lowest BCUT2D eigenvalue weighted by Crippen LogP contribution is -2.30. The highest BCUT2D eigenvalue weighted by atomic mass is 16.6. The third kappa shape index (κ3) is 58.1. The Morgan fingerprint density at radius 1 is 0.296 bits per heavy atom. The Bertz CT molecular complexity index is 1230. The van der Waals surface area contributed by atoms with E-state index in [4.69, 9.17) is 14.2 Å². The van der Waals surface area contributed by atoms with E-state index in [0.717, 1.165) is 89.9 Å². The van der Waals surface area contributed by atoms with Gasteiger partial charge in [-0.15, -0.1) is 0 Å². The van der Waals surface area contributed by atoms with E-state index in [2.05, 4.69) is 69.4 Å². The molecule has 0 aliphatic carbocycles. The van der Waals surface area contributed by atoms with Gasteiger partial charge in [0.25, 0.3) is 0 Å². The summed E-state index contributed by atoms with van der Waals surface area (Å²) in [6.45, 7) is 6.49. The second kappa shape index (κ2) is 59.9. The van der Waals surface area contributed by atoms with E-state index in [1.807, 2.05) is 0 Å². The van der Waals surface area contributed by atoms with Crippen LogP contribution in [0.2, 0.25) is 0 Å². The van der Waals surface area contributed by atoms with Gasteiger partial charge in [0.15, 0.2) is 6.10 Å². The minimum Gasteiger partial charge on any atom is -0.462 e. The second-order valence-corrected chi connectivity index (χ2v) is 21.0. The molecule has 0 amide bonds. The standard InChI is InChI=1S/C65H118O6/c1-4-7-10-13-15-17-19-21-23-24-25-26-27-28-29-30-31-32-33-34-35-36-37-38-39-40-42-43-45-47-49-52-55-58-64(67)70-61-62(60-69-63(66)57-54-51-12-9-6-3)71-65(68)59-56-53-50-48-46-44-41-22-20-18-16-14-11-8-5-2/h7,10,15,17,21,23,25-26,62H,4-6,8-9,11-14,16,18-20,22,24,27-61H2,1-3H3/b10-7-,17-15-,23-21-,26-25-. The summed E-state index contributed by atoms with van der Waals surface area (Å²) in [6, 6.07) is 0. The number of carbonyl (C=O) groups is 3. The molecule has 0 fully saturated rings.